The maximum Gasteiger partial charge on any atom is 0.273 e. The summed E-state index contributed by atoms with van der Waals surface area (Å²) in [5, 5.41) is 8.65. The summed E-state index contributed by atoms with van der Waals surface area (Å²) >= 11 is 0. The van der Waals surface area contributed by atoms with Gasteiger partial charge in [0.05, 0.1) is 18.2 Å². The highest BCUT2D eigenvalue weighted by molar-refractivity contribution is 5.40. The van der Waals surface area contributed by atoms with Crippen LogP contribution >= 0.6 is 0 Å². The summed E-state index contributed by atoms with van der Waals surface area (Å²) in [5.41, 5.74) is 6.93. The van der Waals surface area contributed by atoms with E-state index in [1.807, 2.05) is 13.1 Å². The molecule has 1 fully saturated rings. The van der Waals surface area contributed by atoms with Crippen molar-refractivity contribution in [1.29, 1.82) is 5.26 Å². The molecule has 0 bridgehead atoms. The molecule has 1 aromatic heterocycles. The third-order valence-corrected chi connectivity index (χ3v) is 3.00. The van der Waals surface area contributed by atoms with Gasteiger partial charge in [0.2, 0.25) is 0 Å². The molecule has 1 aliphatic rings. The summed E-state index contributed by atoms with van der Waals surface area (Å²) in [6, 6.07) is 3.74. The van der Waals surface area contributed by atoms with Gasteiger partial charge in [-0.15, -0.1) is 0 Å². The van der Waals surface area contributed by atoms with E-state index in [4.69, 9.17) is 11.0 Å². The van der Waals surface area contributed by atoms with Gasteiger partial charge in [-0.1, -0.05) is 0 Å². The lowest BCUT2D eigenvalue weighted by atomic mass is 10.1. The van der Waals surface area contributed by atoms with Crippen molar-refractivity contribution in [3.8, 4) is 6.07 Å². The van der Waals surface area contributed by atoms with Crippen molar-refractivity contribution in [3.05, 3.63) is 28.2 Å². The Balaban J connectivity index is 2.42. The number of nitrogens with zero attached hydrogens (tertiary/aromatic N) is 2. The van der Waals surface area contributed by atoms with Crippen molar-refractivity contribution >= 4 is 5.69 Å². The molecule has 16 heavy (non-hydrogen) atoms. The zero-order valence-corrected chi connectivity index (χ0v) is 9.31. The molecule has 0 aromatic carbocycles. The molecule has 0 aliphatic heterocycles. The molecule has 0 amide bonds. The maximum atomic E-state index is 11.8. The smallest absolute Gasteiger partial charge is 0.273 e. The molecular weight excluding hydrogens is 202 g/mol. The second-order valence-electron chi connectivity index (χ2n) is 4.43. The van der Waals surface area contributed by atoms with E-state index >= 15 is 0 Å². The van der Waals surface area contributed by atoms with E-state index in [1.54, 1.807) is 10.6 Å². The van der Waals surface area contributed by atoms with Crippen LogP contribution in [0.5, 0.6) is 0 Å². The van der Waals surface area contributed by atoms with Crippen LogP contribution in [0, 0.1) is 11.3 Å². The van der Waals surface area contributed by atoms with Crippen LogP contribution in [0.1, 0.15) is 43.7 Å². The lowest BCUT2D eigenvalue weighted by Gasteiger charge is -2.14. The van der Waals surface area contributed by atoms with Crippen LogP contribution in [0.25, 0.3) is 0 Å². The predicted molar refractivity (Wildman–Crippen MR) is 62.0 cm³/mol. The number of hydrogen-bond acceptors (Lipinski definition) is 3. The van der Waals surface area contributed by atoms with E-state index in [9.17, 15) is 4.79 Å². The van der Waals surface area contributed by atoms with Gasteiger partial charge in [-0.3, -0.25) is 4.79 Å². The van der Waals surface area contributed by atoms with E-state index < -0.39 is 0 Å². The van der Waals surface area contributed by atoms with Crippen LogP contribution in [-0.4, -0.2) is 4.57 Å². The molecule has 84 valence electrons. The molecule has 1 unspecified atom stereocenters. The van der Waals surface area contributed by atoms with Gasteiger partial charge in [-0.25, -0.2) is 0 Å². The molecule has 1 heterocycles. The minimum Gasteiger partial charge on any atom is -0.394 e. The number of pyridine rings is 1. The molecular formula is C12H15N3O. The van der Waals surface area contributed by atoms with Crippen LogP contribution in [0.3, 0.4) is 0 Å². The number of nitrogen functional groups attached to an aromatic ring is 1. The summed E-state index contributed by atoms with van der Waals surface area (Å²) in [4.78, 5) is 11.8. The van der Waals surface area contributed by atoms with Crippen LogP contribution in [-0.2, 0) is 0 Å². The molecule has 4 heteroatoms. The predicted octanol–water partition coefficient (Wildman–Crippen LogP) is 1.78. The zero-order chi connectivity index (χ0) is 11.7. The van der Waals surface area contributed by atoms with Gasteiger partial charge in [0.25, 0.3) is 5.56 Å². The van der Waals surface area contributed by atoms with E-state index in [2.05, 4.69) is 6.07 Å². The first-order valence-electron chi connectivity index (χ1n) is 5.52. The van der Waals surface area contributed by atoms with Crippen molar-refractivity contribution < 1.29 is 0 Å². The first-order valence-corrected chi connectivity index (χ1v) is 5.52. The van der Waals surface area contributed by atoms with Gasteiger partial charge in [-0.2, -0.15) is 5.26 Å². The second kappa shape index (κ2) is 4.01. The Labute approximate surface area is 94.3 Å². The summed E-state index contributed by atoms with van der Waals surface area (Å²) in [6.07, 6.45) is 4.53. The number of nitriles is 1. The zero-order valence-electron chi connectivity index (χ0n) is 9.31. The molecule has 1 aliphatic carbocycles. The molecule has 4 nitrogen and oxygen atoms in total. The number of aromatic nitrogens is 1. The normalized spacial score (nSPS) is 16.8. The first-order chi connectivity index (χ1) is 7.63. The Morgan fingerprint density at radius 3 is 2.94 bits per heavy atom. The maximum absolute atomic E-state index is 11.8. The highest BCUT2D eigenvalue weighted by Gasteiger charge is 2.25. The standard InChI is InChI=1S/C12H15N3O/c1-8(4-5-13)15-7-10(9-2-3-9)6-11(14)12(15)16/h6-9H,2-4,14H2,1H3. The molecule has 2 N–H and O–H groups in total. The van der Waals surface area contributed by atoms with Gasteiger partial charge >= 0.3 is 0 Å². The molecule has 1 aromatic rings. The number of rotatable bonds is 3. The second-order valence-corrected chi connectivity index (χ2v) is 4.43. The molecule has 1 saturated carbocycles. The Kier molecular flexibility index (Phi) is 2.69. The van der Waals surface area contributed by atoms with Crippen molar-refractivity contribution in [1.82, 2.24) is 4.57 Å². The van der Waals surface area contributed by atoms with Gasteiger partial charge in [0, 0.05) is 12.2 Å². The number of hydrogen-bond donors (Lipinski definition) is 1. The van der Waals surface area contributed by atoms with Crippen LogP contribution < -0.4 is 11.3 Å². The van der Waals surface area contributed by atoms with Gasteiger partial charge < -0.3 is 10.3 Å². The summed E-state index contributed by atoms with van der Waals surface area (Å²) in [6.45, 7) is 1.86. The van der Waals surface area contributed by atoms with Crippen LogP contribution in [0.4, 0.5) is 5.69 Å². The van der Waals surface area contributed by atoms with Crippen LogP contribution in [0.15, 0.2) is 17.1 Å². The topological polar surface area (TPSA) is 71.8 Å². The van der Waals surface area contributed by atoms with Gasteiger partial charge in [-0.05, 0) is 37.3 Å². The largest absolute Gasteiger partial charge is 0.394 e. The quantitative estimate of drug-likeness (QED) is 0.838. The highest BCUT2D eigenvalue weighted by Crippen LogP contribution is 2.40. The Morgan fingerprint density at radius 2 is 2.38 bits per heavy atom. The third kappa shape index (κ3) is 1.94. The summed E-state index contributed by atoms with van der Waals surface area (Å²) in [7, 11) is 0. The Hall–Kier alpha value is -1.76. The number of nitrogens with two attached hydrogens (primary N) is 1. The SMILES string of the molecule is CC(CC#N)n1cc(C2CC2)cc(N)c1=O. The Bertz CT molecular complexity index is 494. The molecule has 2 rings (SSSR count). The van der Waals surface area contributed by atoms with Gasteiger partial charge in [0.1, 0.15) is 0 Å². The summed E-state index contributed by atoms with van der Waals surface area (Å²) < 4.78 is 1.59. The minimum absolute atomic E-state index is 0.113. The minimum atomic E-state index is -0.188. The van der Waals surface area contributed by atoms with Crippen molar-refractivity contribution in [3.63, 3.8) is 0 Å². The average molecular weight is 217 g/mol. The van der Waals surface area contributed by atoms with Crippen molar-refractivity contribution in [2.24, 2.45) is 0 Å². The number of anilines is 1. The van der Waals surface area contributed by atoms with Crippen LogP contribution in [0.2, 0.25) is 0 Å². The fourth-order valence-electron chi connectivity index (χ4n) is 1.84. The lowest BCUT2D eigenvalue weighted by Crippen LogP contribution is -2.25. The molecule has 0 radical (unpaired) electrons. The fourth-order valence-corrected chi connectivity index (χ4v) is 1.84. The van der Waals surface area contributed by atoms with Gasteiger partial charge in [0.15, 0.2) is 0 Å². The van der Waals surface area contributed by atoms with Crippen molar-refractivity contribution in [2.45, 2.75) is 38.1 Å². The monoisotopic (exact) mass is 217 g/mol. The van der Waals surface area contributed by atoms with Crippen molar-refractivity contribution in [2.75, 3.05) is 5.73 Å². The Morgan fingerprint density at radius 1 is 1.69 bits per heavy atom. The lowest BCUT2D eigenvalue weighted by molar-refractivity contribution is 0.539. The molecule has 0 saturated heterocycles. The van der Waals surface area contributed by atoms with E-state index in [1.165, 1.54) is 12.8 Å². The third-order valence-electron chi connectivity index (χ3n) is 3.00. The fraction of sp³-hybridized carbons (Fsp3) is 0.500. The average Bonchev–Trinajstić information content (AvgIpc) is 3.05. The van der Waals surface area contributed by atoms with E-state index in [-0.39, 0.29) is 17.3 Å². The van der Waals surface area contributed by atoms with E-state index in [0.717, 1.165) is 5.56 Å². The highest BCUT2D eigenvalue weighted by atomic mass is 16.1. The molecule has 1 atom stereocenters. The summed E-state index contributed by atoms with van der Waals surface area (Å²) in [5.74, 6) is 0.559. The molecule has 0 spiro atoms. The first kappa shape index (κ1) is 10.7. The van der Waals surface area contributed by atoms with E-state index in [0.29, 0.717) is 12.3 Å².